The van der Waals surface area contributed by atoms with Crippen LogP contribution in [-0.2, 0) is 0 Å². The van der Waals surface area contributed by atoms with E-state index in [2.05, 4.69) is 5.32 Å². The molecule has 122 valence electrons. The molecule has 0 fully saturated rings. The molecule has 0 aliphatic rings. The molecule has 0 aliphatic carbocycles. The number of hydrogen-bond acceptors (Lipinski definition) is 4. The van der Waals surface area contributed by atoms with Crippen LogP contribution in [0.1, 0.15) is 20.0 Å². The molecule has 5 nitrogen and oxygen atoms in total. The highest BCUT2D eigenvalue weighted by atomic mass is 35.5. The summed E-state index contributed by atoms with van der Waals surface area (Å²) in [5, 5.41) is 12.7. The smallest absolute Gasteiger partial charge is 0.335 e. The summed E-state index contributed by atoms with van der Waals surface area (Å²) < 4.78 is 6.05. The number of amides is 1. The minimum absolute atomic E-state index is 0.153. The van der Waals surface area contributed by atoms with E-state index in [0.717, 1.165) is 10.1 Å². The number of carbonyl (C=O) groups excluding carboxylic acids is 1. The first-order valence-electron chi connectivity index (χ1n) is 6.90. The topological polar surface area (TPSA) is 75.6 Å². The van der Waals surface area contributed by atoms with E-state index in [0.29, 0.717) is 21.3 Å². The number of nitrogens with one attached hydrogen (secondary N) is 1. The Morgan fingerprint density at radius 2 is 1.88 bits per heavy atom. The Balaban J connectivity index is 1.88. The number of benzene rings is 2. The lowest BCUT2D eigenvalue weighted by atomic mass is 10.2. The highest BCUT2D eigenvalue weighted by molar-refractivity contribution is 7.21. The monoisotopic (exact) mass is 361 g/mol. The third-order valence-corrected chi connectivity index (χ3v) is 5.10. The van der Waals surface area contributed by atoms with Gasteiger partial charge in [0.2, 0.25) is 0 Å². The van der Waals surface area contributed by atoms with Crippen molar-refractivity contribution in [1.29, 1.82) is 0 Å². The number of hydrogen-bond donors (Lipinski definition) is 2. The number of carboxylic acid groups (broad SMARTS) is 1. The maximum atomic E-state index is 12.4. The summed E-state index contributed by atoms with van der Waals surface area (Å²) in [5.74, 6) is -0.698. The van der Waals surface area contributed by atoms with Gasteiger partial charge in [-0.3, -0.25) is 4.79 Å². The van der Waals surface area contributed by atoms with Gasteiger partial charge in [0.1, 0.15) is 10.6 Å². The van der Waals surface area contributed by atoms with Crippen molar-refractivity contribution in [2.75, 3.05) is 12.4 Å². The van der Waals surface area contributed by atoms with Gasteiger partial charge in [-0.05, 0) is 42.5 Å². The van der Waals surface area contributed by atoms with Crippen LogP contribution < -0.4 is 10.1 Å². The highest BCUT2D eigenvalue weighted by Gasteiger charge is 2.18. The van der Waals surface area contributed by atoms with Crippen molar-refractivity contribution in [3.63, 3.8) is 0 Å². The fraction of sp³-hybridized carbons (Fsp3) is 0.0588. The van der Waals surface area contributed by atoms with Crippen molar-refractivity contribution in [2.45, 2.75) is 0 Å². The van der Waals surface area contributed by atoms with Gasteiger partial charge in [-0.25, -0.2) is 4.79 Å². The molecule has 3 rings (SSSR count). The van der Waals surface area contributed by atoms with Gasteiger partial charge in [-0.2, -0.15) is 0 Å². The van der Waals surface area contributed by atoms with E-state index in [1.807, 2.05) is 12.1 Å². The Bertz CT molecular complexity index is 934. The van der Waals surface area contributed by atoms with Crippen LogP contribution in [0.4, 0.5) is 5.69 Å². The van der Waals surface area contributed by atoms with Gasteiger partial charge in [0.05, 0.1) is 17.7 Å². The molecule has 1 aromatic heterocycles. The van der Waals surface area contributed by atoms with E-state index in [9.17, 15) is 9.59 Å². The number of anilines is 1. The molecular weight excluding hydrogens is 350 g/mol. The van der Waals surface area contributed by atoms with Crippen LogP contribution in [0.25, 0.3) is 10.1 Å². The molecule has 0 bridgehead atoms. The number of ether oxygens (including phenoxy) is 1. The average molecular weight is 362 g/mol. The molecule has 24 heavy (non-hydrogen) atoms. The standard InChI is InChI=1S/C17H12ClNO4S/c1-23-11-6-7-13-12(8-11)14(18)15(24-13)16(20)19-10-4-2-9(3-5-10)17(21)22/h2-8H,1H3,(H,19,20)(H,21,22). The van der Waals surface area contributed by atoms with Gasteiger partial charge in [-0.15, -0.1) is 11.3 Å². The van der Waals surface area contributed by atoms with Gasteiger partial charge in [0.15, 0.2) is 0 Å². The molecule has 0 spiro atoms. The zero-order chi connectivity index (χ0) is 17.3. The predicted octanol–water partition coefficient (Wildman–Crippen LogP) is 4.51. The molecule has 0 aliphatic heterocycles. The van der Waals surface area contributed by atoms with Crippen molar-refractivity contribution in [2.24, 2.45) is 0 Å². The number of fused-ring (bicyclic) bond motifs is 1. The first kappa shape index (κ1) is 16.3. The maximum Gasteiger partial charge on any atom is 0.335 e. The van der Waals surface area contributed by atoms with Gasteiger partial charge >= 0.3 is 5.97 Å². The Kier molecular flexibility index (Phi) is 4.42. The average Bonchev–Trinajstić information content (AvgIpc) is 2.91. The van der Waals surface area contributed by atoms with Crippen LogP contribution in [0.3, 0.4) is 0 Å². The van der Waals surface area contributed by atoms with E-state index in [-0.39, 0.29) is 11.5 Å². The summed E-state index contributed by atoms with van der Waals surface area (Å²) >= 11 is 7.62. The molecule has 3 aromatic rings. The minimum atomic E-state index is -1.02. The number of carbonyl (C=O) groups is 2. The molecule has 0 unspecified atom stereocenters. The lowest BCUT2D eigenvalue weighted by molar-refractivity contribution is 0.0696. The predicted molar refractivity (Wildman–Crippen MR) is 94.7 cm³/mol. The van der Waals surface area contributed by atoms with Gasteiger partial charge < -0.3 is 15.2 Å². The third-order valence-electron chi connectivity index (χ3n) is 3.43. The summed E-state index contributed by atoms with van der Waals surface area (Å²) in [4.78, 5) is 23.7. The van der Waals surface area contributed by atoms with Crippen LogP contribution in [0.5, 0.6) is 5.75 Å². The Labute approximate surface area is 146 Å². The first-order chi connectivity index (χ1) is 11.5. The molecule has 0 saturated heterocycles. The fourth-order valence-corrected chi connectivity index (χ4v) is 3.59. The van der Waals surface area contributed by atoms with Gasteiger partial charge in [0.25, 0.3) is 5.91 Å². The molecule has 0 radical (unpaired) electrons. The van der Waals surface area contributed by atoms with Crippen molar-refractivity contribution in [1.82, 2.24) is 0 Å². The minimum Gasteiger partial charge on any atom is -0.497 e. The highest BCUT2D eigenvalue weighted by Crippen LogP contribution is 2.37. The van der Waals surface area contributed by atoms with Crippen molar-refractivity contribution < 1.29 is 19.4 Å². The van der Waals surface area contributed by atoms with Crippen LogP contribution in [0, 0.1) is 0 Å². The van der Waals surface area contributed by atoms with Crippen molar-refractivity contribution in [3.8, 4) is 5.75 Å². The summed E-state index contributed by atoms with van der Waals surface area (Å²) in [7, 11) is 1.57. The quantitative estimate of drug-likeness (QED) is 0.716. The summed E-state index contributed by atoms with van der Waals surface area (Å²) in [6.07, 6.45) is 0. The van der Waals surface area contributed by atoms with E-state index < -0.39 is 5.97 Å². The molecule has 0 atom stereocenters. The Hall–Kier alpha value is -2.57. The Morgan fingerprint density at radius 1 is 1.17 bits per heavy atom. The molecule has 1 heterocycles. The second-order valence-electron chi connectivity index (χ2n) is 4.94. The summed E-state index contributed by atoms with van der Waals surface area (Å²) in [6.45, 7) is 0. The van der Waals surface area contributed by atoms with E-state index in [1.54, 1.807) is 13.2 Å². The summed E-state index contributed by atoms with van der Waals surface area (Å²) in [5.41, 5.74) is 0.649. The third kappa shape index (κ3) is 3.06. The van der Waals surface area contributed by atoms with Gasteiger partial charge in [-0.1, -0.05) is 11.6 Å². The number of rotatable bonds is 4. The van der Waals surface area contributed by atoms with Crippen LogP contribution in [-0.4, -0.2) is 24.1 Å². The molecule has 2 aromatic carbocycles. The number of methoxy groups -OCH3 is 1. The second kappa shape index (κ2) is 6.51. The number of halogens is 1. The normalized spacial score (nSPS) is 10.6. The number of thiophene rings is 1. The van der Waals surface area contributed by atoms with E-state index in [1.165, 1.54) is 35.6 Å². The van der Waals surface area contributed by atoms with Crippen LogP contribution in [0.2, 0.25) is 5.02 Å². The molecular formula is C17H12ClNO4S. The maximum absolute atomic E-state index is 12.4. The number of aromatic carboxylic acids is 1. The summed E-state index contributed by atoms with van der Waals surface area (Å²) in [6, 6.07) is 11.4. The fourth-order valence-electron chi connectivity index (χ4n) is 2.20. The van der Waals surface area contributed by atoms with E-state index in [4.69, 9.17) is 21.4 Å². The molecule has 1 amide bonds. The van der Waals surface area contributed by atoms with Crippen LogP contribution in [0.15, 0.2) is 42.5 Å². The lowest BCUT2D eigenvalue weighted by Crippen LogP contribution is -2.10. The van der Waals surface area contributed by atoms with Crippen LogP contribution >= 0.6 is 22.9 Å². The SMILES string of the molecule is COc1ccc2sc(C(=O)Nc3ccc(C(=O)O)cc3)c(Cl)c2c1. The zero-order valence-electron chi connectivity index (χ0n) is 12.5. The first-order valence-corrected chi connectivity index (χ1v) is 8.10. The molecule has 7 heteroatoms. The van der Waals surface area contributed by atoms with Crippen molar-refractivity contribution >= 4 is 50.6 Å². The van der Waals surface area contributed by atoms with Gasteiger partial charge in [0, 0.05) is 15.8 Å². The van der Waals surface area contributed by atoms with Crippen molar-refractivity contribution in [3.05, 3.63) is 57.9 Å². The Morgan fingerprint density at radius 3 is 2.50 bits per heavy atom. The number of carboxylic acids is 1. The lowest BCUT2D eigenvalue weighted by Gasteiger charge is -2.04. The zero-order valence-corrected chi connectivity index (χ0v) is 14.1. The molecule has 2 N–H and O–H groups in total. The molecule has 0 saturated carbocycles. The van der Waals surface area contributed by atoms with E-state index >= 15 is 0 Å². The second-order valence-corrected chi connectivity index (χ2v) is 6.37. The largest absolute Gasteiger partial charge is 0.497 e.